The van der Waals surface area contributed by atoms with E-state index in [4.69, 9.17) is 4.52 Å². The average molecular weight is 439 g/mol. The molecule has 0 unspecified atom stereocenters. The fourth-order valence-corrected chi connectivity index (χ4v) is 4.32. The minimum atomic E-state index is 0.633. The molecule has 5 rings (SSSR count). The molecule has 2 heterocycles. The first-order chi connectivity index (χ1) is 15.7. The third kappa shape index (κ3) is 4.09. The van der Waals surface area contributed by atoms with Crippen LogP contribution in [0.25, 0.3) is 28.4 Å². The minimum absolute atomic E-state index is 0.633. The zero-order valence-corrected chi connectivity index (χ0v) is 18.7. The van der Waals surface area contributed by atoms with Crippen LogP contribution in [-0.2, 0) is 5.75 Å². The van der Waals surface area contributed by atoms with Crippen molar-refractivity contribution < 1.29 is 4.52 Å². The fraction of sp³-hybridized carbons (Fsp3) is 0.115. The Balaban J connectivity index is 1.47. The molecule has 0 N–H and O–H groups in total. The van der Waals surface area contributed by atoms with Gasteiger partial charge in [-0.2, -0.15) is 0 Å². The van der Waals surface area contributed by atoms with Crippen LogP contribution in [0.2, 0.25) is 0 Å². The first-order valence-corrected chi connectivity index (χ1v) is 11.4. The lowest BCUT2D eigenvalue weighted by atomic mass is 10.1. The first-order valence-electron chi connectivity index (χ1n) is 10.4. The summed E-state index contributed by atoms with van der Waals surface area (Å²) in [6.07, 6.45) is 0. The Morgan fingerprint density at radius 1 is 0.781 bits per heavy atom. The van der Waals surface area contributed by atoms with Crippen molar-refractivity contribution in [3.05, 3.63) is 102 Å². The van der Waals surface area contributed by atoms with Crippen LogP contribution in [0, 0.1) is 13.8 Å². The van der Waals surface area contributed by atoms with Crippen LogP contribution in [0.4, 0.5) is 0 Å². The molecule has 158 valence electrons. The molecule has 0 saturated heterocycles. The SMILES string of the molecule is Cc1ccc(-n2c(SCc3cc(-c4ccccc4)on3)nnc2-c2ccccc2)cc1C. The Kier molecular flexibility index (Phi) is 5.60. The molecule has 0 amide bonds. The Morgan fingerprint density at radius 3 is 2.22 bits per heavy atom. The van der Waals surface area contributed by atoms with E-state index < -0.39 is 0 Å². The molecular weight excluding hydrogens is 416 g/mol. The first kappa shape index (κ1) is 20.3. The normalized spacial score (nSPS) is 11.1. The maximum atomic E-state index is 5.55. The van der Waals surface area contributed by atoms with Crippen LogP contribution in [0.15, 0.2) is 94.6 Å². The van der Waals surface area contributed by atoms with Gasteiger partial charge < -0.3 is 4.52 Å². The van der Waals surface area contributed by atoms with Gasteiger partial charge in [-0.05, 0) is 37.1 Å². The minimum Gasteiger partial charge on any atom is -0.356 e. The third-order valence-corrected chi connectivity index (χ3v) is 6.34. The zero-order chi connectivity index (χ0) is 21.9. The molecule has 0 saturated carbocycles. The number of benzene rings is 3. The number of rotatable bonds is 6. The summed E-state index contributed by atoms with van der Waals surface area (Å²) in [4.78, 5) is 0. The predicted octanol–water partition coefficient (Wildman–Crippen LogP) is 6.50. The summed E-state index contributed by atoms with van der Waals surface area (Å²) in [6, 6.07) is 28.6. The summed E-state index contributed by atoms with van der Waals surface area (Å²) in [7, 11) is 0. The van der Waals surface area contributed by atoms with E-state index in [2.05, 4.69) is 64.1 Å². The summed E-state index contributed by atoms with van der Waals surface area (Å²) >= 11 is 1.60. The van der Waals surface area contributed by atoms with Crippen LogP contribution >= 0.6 is 11.8 Å². The van der Waals surface area contributed by atoms with Gasteiger partial charge in [0, 0.05) is 22.9 Å². The molecule has 0 atom stereocenters. The van der Waals surface area contributed by atoms with Crippen molar-refractivity contribution in [1.82, 2.24) is 19.9 Å². The maximum Gasteiger partial charge on any atom is 0.196 e. The van der Waals surface area contributed by atoms with Crippen molar-refractivity contribution in [1.29, 1.82) is 0 Å². The van der Waals surface area contributed by atoms with E-state index in [1.165, 1.54) is 11.1 Å². The van der Waals surface area contributed by atoms with Gasteiger partial charge >= 0.3 is 0 Å². The predicted molar refractivity (Wildman–Crippen MR) is 128 cm³/mol. The lowest BCUT2D eigenvalue weighted by Crippen LogP contribution is -2.01. The molecule has 0 radical (unpaired) electrons. The molecule has 0 aliphatic rings. The molecular formula is C26H22N4OS. The lowest BCUT2D eigenvalue weighted by Gasteiger charge is -2.12. The summed E-state index contributed by atoms with van der Waals surface area (Å²) in [5, 5.41) is 14.1. The number of hydrogen-bond donors (Lipinski definition) is 0. The van der Waals surface area contributed by atoms with E-state index in [1.807, 2.05) is 54.6 Å². The molecule has 2 aromatic heterocycles. The van der Waals surface area contributed by atoms with Gasteiger partial charge in [0.1, 0.15) is 0 Å². The van der Waals surface area contributed by atoms with Crippen LogP contribution in [0.1, 0.15) is 16.8 Å². The van der Waals surface area contributed by atoms with Crippen LogP contribution in [0.5, 0.6) is 0 Å². The fourth-order valence-electron chi connectivity index (χ4n) is 3.49. The second-order valence-electron chi connectivity index (χ2n) is 7.61. The monoisotopic (exact) mass is 438 g/mol. The highest BCUT2D eigenvalue weighted by Gasteiger charge is 2.17. The van der Waals surface area contributed by atoms with Gasteiger partial charge in [-0.1, -0.05) is 83.6 Å². The Labute approximate surface area is 191 Å². The number of nitrogens with zero attached hydrogens (tertiary/aromatic N) is 4. The van der Waals surface area contributed by atoms with E-state index >= 15 is 0 Å². The van der Waals surface area contributed by atoms with E-state index in [1.54, 1.807) is 11.8 Å². The molecule has 5 nitrogen and oxygen atoms in total. The maximum absolute atomic E-state index is 5.55. The van der Waals surface area contributed by atoms with Crippen molar-refractivity contribution in [2.75, 3.05) is 0 Å². The molecule has 3 aromatic carbocycles. The molecule has 32 heavy (non-hydrogen) atoms. The Bertz CT molecular complexity index is 1340. The standard InChI is InChI=1S/C26H22N4OS/c1-18-13-14-23(15-19(18)2)30-25(21-11-7-4-8-12-21)27-28-26(30)32-17-22-16-24(31-29-22)20-9-5-3-6-10-20/h3-16H,17H2,1-2H3. The highest BCUT2D eigenvalue weighted by Crippen LogP contribution is 2.31. The molecule has 0 aliphatic carbocycles. The highest BCUT2D eigenvalue weighted by molar-refractivity contribution is 7.98. The van der Waals surface area contributed by atoms with E-state index in [0.29, 0.717) is 5.75 Å². The second-order valence-corrected chi connectivity index (χ2v) is 8.56. The van der Waals surface area contributed by atoms with Gasteiger partial charge in [0.15, 0.2) is 16.7 Å². The number of aryl methyl sites for hydroxylation is 2. The largest absolute Gasteiger partial charge is 0.356 e. The van der Waals surface area contributed by atoms with Gasteiger partial charge in [-0.25, -0.2) is 0 Å². The Hall–Kier alpha value is -3.64. The quantitative estimate of drug-likeness (QED) is 0.283. The van der Waals surface area contributed by atoms with Crippen LogP contribution in [0.3, 0.4) is 0 Å². The van der Waals surface area contributed by atoms with Crippen molar-refractivity contribution in [2.45, 2.75) is 24.8 Å². The van der Waals surface area contributed by atoms with E-state index in [0.717, 1.165) is 39.2 Å². The van der Waals surface area contributed by atoms with Gasteiger partial charge in [0.05, 0.1) is 11.4 Å². The summed E-state index contributed by atoms with van der Waals surface area (Å²) < 4.78 is 7.67. The lowest BCUT2D eigenvalue weighted by molar-refractivity contribution is 0.426. The van der Waals surface area contributed by atoms with Crippen LogP contribution in [-0.4, -0.2) is 19.9 Å². The molecule has 0 spiro atoms. The summed E-state index contributed by atoms with van der Waals surface area (Å²) in [6.45, 7) is 4.24. The van der Waals surface area contributed by atoms with Gasteiger partial charge in [0.25, 0.3) is 0 Å². The van der Waals surface area contributed by atoms with E-state index in [9.17, 15) is 0 Å². The van der Waals surface area contributed by atoms with Gasteiger partial charge in [-0.3, -0.25) is 4.57 Å². The summed E-state index contributed by atoms with van der Waals surface area (Å²) in [5.74, 6) is 2.22. The van der Waals surface area contributed by atoms with Crippen molar-refractivity contribution in [3.63, 3.8) is 0 Å². The highest BCUT2D eigenvalue weighted by atomic mass is 32.2. The second kappa shape index (κ2) is 8.85. The molecule has 6 heteroatoms. The van der Waals surface area contributed by atoms with Crippen molar-refractivity contribution in [3.8, 4) is 28.4 Å². The molecule has 5 aromatic rings. The Morgan fingerprint density at radius 2 is 1.50 bits per heavy atom. The molecule has 0 fully saturated rings. The van der Waals surface area contributed by atoms with Crippen molar-refractivity contribution >= 4 is 11.8 Å². The number of thioether (sulfide) groups is 1. The van der Waals surface area contributed by atoms with Gasteiger partial charge in [0.2, 0.25) is 0 Å². The number of hydrogen-bond acceptors (Lipinski definition) is 5. The van der Waals surface area contributed by atoms with Gasteiger partial charge in [-0.15, -0.1) is 10.2 Å². The number of aromatic nitrogens is 4. The van der Waals surface area contributed by atoms with Crippen molar-refractivity contribution in [2.24, 2.45) is 0 Å². The smallest absolute Gasteiger partial charge is 0.196 e. The summed E-state index contributed by atoms with van der Waals surface area (Å²) in [5.41, 5.74) is 6.44. The zero-order valence-electron chi connectivity index (χ0n) is 17.9. The average Bonchev–Trinajstić information content (AvgIpc) is 3.48. The molecule has 0 bridgehead atoms. The van der Waals surface area contributed by atoms with E-state index in [-0.39, 0.29) is 0 Å². The van der Waals surface area contributed by atoms with Crippen LogP contribution < -0.4 is 0 Å². The third-order valence-electron chi connectivity index (χ3n) is 5.38. The molecule has 0 aliphatic heterocycles. The topological polar surface area (TPSA) is 56.7 Å².